The minimum Gasteiger partial charge on any atom is -0.496 e. The second-order valence-electron chi connectivity index (χ2n) is 9.43. The lowest BCUT2D eigenvalue weighted by molar-refractivity contribution is -0.135. The van der Waals surface area contributed by atoms with E-state index < -0.39 is 11.9 Å². The van der Waals surface area contributed by atoms with Crippen LogP contribution in [0.3, 0.4) is 0 Å². The van der Waals surface area contributed by atoms with Crippen LogP contribution in [-0.4, -0.2) is 17.6 Å². The highest BCUT2D eigenvalue weighted by atomic mass is 16.5. The van der Waals surface area contributed by atoms with Gasteiger partial charge in [-0.15, -0.1) is 0 Å². The number of fused-ring (bicyclic) bond motifs is 3. The zero-order valence-electron chi connectivity index (χ0n) is 19.9. The predicted octanol–water partition coefficient (Wildman–Crippen LogP) is 4.78. The zero-order chi connectivity index (χ0) is 25.3. The fraction of sp³-hybridized carbons (Fsp3) is 0.167. The molecule has 0 N–H and O–H groups in total. The number of ether oxygens (including phenoxy) is 2. The first kappa shape index (κ1) is 21.6. The van der Waals surface area contributed by atoms with E-state index in [1.807, 2.05) is 54.6 Å². The molecule has 37 heavy (non-hydrogen) atoms. The summed E-state index contributed by atoms with van der Waals surface area (Å²) in [6, 6.07) is 20.1. The van der Waals surface area contributed by atoms with Gasteiger partial charge in [-0.3, -0.25) is 14.4 Å². The van der Waals surface area contributed by atoms with Crippen molar-refractivity contribution < 1.29 is 18.7 Å². The van der Waals surface area contributed by atoms with Crippen molar-refractivity contribution in [2.24, 2.45) is 0 Å². The summed E-state index contributed by atoms with van der Waals surface area (Å²) in [7, 11) is 1.45. The molecule has 7 rings (SSSR count). The van der Waals surface area contributed by atoms with E-state index in [9.17, 15) is 14.4 Å². The summed E-state index contributed by atoms with van der Waals surface area (Å²) in [5.74, 6) is -0.260. The molecule has 2 aromatic heterocycles. The normalized spacial score (nSPS) is 16.1. The summed E-state index contributed by atoms with van der Waals surface area (Å²) in [4.78, 5) is 39.9. The molecule has 0 radical (unpaired) electrons. The van der Waals surface area contributed by atoms with E-state index in [1.165, 1.54) is 19.2 Å². The molecule has 0 saturated carbocycles. The fourth-order valence-corrected chi connectivity index (χ4v) is 5.76. The molecular weight excluding hydrogens is 470 g/mol. The molecule has 0 amide bonds. The van der Waals surface area contributed by atoms with Crippen LogP contribution < -0.4 is 20.5 Å². The topological polar surface area (TPSA) is 87.7 Å². The monoisotopic (exact) mass is 491 g/mol. The molecule has 2 aliphatic heterocycles. The van der Waals surface area contributed by atoms with Gasteiger partial charge >= 0.3 is 5.97 Å². The molecule has 0 bridgehead atoms. The Hall–Kier alpha value is -4.65. The second kappa shape index (κ2) is 7.93. The average Bonchev–Trinajstić information content (AvgIpc) is 3.35. The van der Waals surface area contributed by atoms with Crippen LogP contribution in [0.4, 0.5) is 0 Å². The van der Waals surface area contributed by atoms with Gasteiger partial charge in [0.1, 0.15) is 28.2 Å². The van der Waals surface area contributed by atoms with Gasteiger partial charge in [0, 0.05) is 41.3 Å². The Morgan fingerprint density at radius 1 is 0.973 bits per heavy atom. The molecule has 182 valence electrons. The second-order valence-corrected chi connectivity index (χ2v) is 9.43. The molecule has 0 saturated heterocycles. The Bertz CT molecular complexity index is 1880. The summed E-state index contributed by atoms with van der Waals surface area (Å²) < 4.78 is 19.3. The smallest absolute Gasteiger partial charge is 0.312 e. The molecule has 1 atom stereocenters. The summed E-state index contributed by atoms with van der Waals surface area (Å²) in [6.07, 6.45) is 0.739. The lowest BCUT2D eigenvalue weighted by Crippen LogP contribution is -2.29. The van der Waals surface area contributed by atoms with Crippen molar-refractivity contribution in [2.45, 2.75) is 25.3 Å². The maximum atomic E-state index is 13.8. The highest BCUT2D eigenvalue weighted by molar-refractivity contribution is 5.94. The van der Waals surface area contributed by atoms with E-state index in [0.717, 1.165) is 28.5 Å². The van der Waals surface area contributed by atoms with Crippen LogP contribution >= 0.6 is 0 Å². The molecule has 0 spiro atoms. The minimum atomic E-state index is -0.649. The maximum Gasteiger partial charge on any atom is 0.312 e. The van der Waals surface area contributed by atoms with Gasteiger partial charge < -0.3 is 18.5 Å². The number of carbonyl (C=O) groups excluding carboxylic acids is 1. The summed E-state index contributed by atoms with van der Waals surface area (Å²) in [5, 5.41) is 1.19. The van der Waals surface area contributed by atoms with Gasteiger partial charge in [-0.25, -0.2) is 0 Å². The zero-order valence-corrected chi connectivity index (χ0v) is 19.9. The highest BCUT2D eigenvalue weighted by Crippen LogP contribution is 2.46. The van der Waals surface area contributed by atoms with Gasteiger partial charge in [0.25, 0.3) is 5.56 Å². The van der Waals surface area contributed by atoms with Crippen LogP contribution in [0.15, 0.2) is 80.7 Å². The van der Waals surface area contributed by atoms with Crippen LogP contribution in [0.1, 0.15) is 29.0 Å². The molecule has 5 aromatic rings. The average molecular weight is 491 g/mol. The Balaban J connectivity index is 1.56. The number of nitrogens with zero attached hydrogens (tertiary/aromatic N) is 1. The van der Waals surface area contributed by atoms with Gasteiger partial charge in [0.15, 0.2) is 5.43 Å². The summed E-state index contributed by atoms with van der Waals surface area (Å²) in [6.45, 7) is 0.586. The Morgan fingerprint density at radius 3 is 2.62 bits per heavy atom. The molecule has 0 fully saturated rings. The van der Waals surface area contributed by atoms with Crippen molar-refractivity contribution in [1.82, 2.24) is 4.57 Å². The van der Waals surface area contributed by atoms with Crippen molar-refractivity contribution in [1.29, 1.82) is 0 Å². The number of esters is 1. The number of rotatable bonds is 3. The first-order valence-electron chi connectivity index (χ1n) is 12.1. The van der Waals surface area contributed by atoms with Crippen molar-refractivity contribution in [3.8, 4) is 22.8 Å². The first-order chi connectivity index (χ1) is 18.0. The van der Waals surface area contributed by atoms with Gasteiger partial charge in [0.05, 0.1) is 19.0 Å². The quantitative estimate of drug-likeness (QED) is 0.267. The predicted molar refractivity (Wildman–Crippen MR) is 138 cm³/mol. The lowest BCUT2D eigenvalue weighted by Gasteiger charge is -2.26. The number of hydrogen-bond donors (Lipinski definition) is 0. The highest BCUT2D eigenvalue weighted by Gasteiger charge is 2.36. The minimum absolute atomic E-state index is 0.0475. The van der Waals surface area contributed by atoms with Crippen LogP contribution in [0.25, 0.3) is 33.2 Å². The molecule has 2 aliphatic rings. The number of carbonyl (C=O) groups is 1. The number of methoxy groups -OCH3 is 1. The third-order valence-electron chi connectivity index (χ3n) is 7.39. The van der Waals surface area contributed by atoms with Crippen molar-refractivity contribution in [2.75, 3.05) is 7.11 Å². The van der Waals surface area contributed by atoms with Crippen molar-refractivity contribution >= 4 is 27.8 Å². The number of aromatic nitrogens is 1. The first-order valence-corrected chi connectivity index (χ1v) is 12.1. The van der Waals surface area contributed by atoms with Crippen LogP contribution in [0, 0.1) is 0 Å². The van der Waals surface area contributed by atoms with Crippen LogP contribution in [0.5, 0.6) is 11.5 Å². The third-order valence-corrected chi connectivity index (χ3v) is 7.39. The Labute approximate surface area is 210 Å². The van der Waals surface area contributed by atoms with Gasteiger partial charge in [-0.05, 0) is 23.4 Å². The third kappa shape index (κ3) is 3.17. The molecule has 0 aliphatic carbocycles. The van der Waals surface area contributed by atoms with Gasteiger partial charge in [0.2, 0.25) is 0 Å². The van der Waals surface area contributed by atoms with Gasteiger partial charge in [-0.2, -0.15) is 0 Å². The molecule has 4 heterocycles. The van der Waals surface area contributed by atoms with E-state index in [4.69, 9.17) is 13.9 Å². The number of para-hydroxylation sites is 1. The number of aryl methyl sites for hydroxylation is 2. The van der Waals surface area contributed by atoms with Crippen LogP contribution in [-0.2, 0) is 17.8 Å². The number of pyridine rings is 1. The summed E-state index contributed by atoms with van der Waals surface area (Å²) in [5.41, 5.74) is 3.61. The van der Waals surface area contributed by atoms with E-state index in [0.29, 0.717) is 23.4 Å². The molecule has 0 unspecified atom stereocenters. The molecule has 7 heteroatoms. The summed E-state index contributed by atoms with van der Waals surface area (Å²) >= 11 is 0. The van der Waals surface area contributed by atoms with Crippen LogP contribution in [0.2, 0.25) is 0 Å². The number of hydrogen-bond acceptors (Lipinski definition) is 6. The molecule has 3 aromatic carbocycles. The Kier molecular flexibility index (Phi) is 4.63. The van der Waals surface area contributed by atoms with E-state index in [1.54, 1.807) is 4.57 Å². The van der Waals surface area contributed by atoms with Gasteiger partial charge in [-0.1, -0.05) is 48.5 Å². The Morgan fingerprint density at radius 2 is 1.81 bits per heavy atom. The van der Waals surface area contributed by atoms with Crippen molar-refractivity contribution in [3.63, 3.8) is 0 Å². The van der Waals surface area contributed by atoms with E-state index in [2.05, 4.69) is 0 Å². The lowest BCUT2D eigenvalue weighted by atomic mass is 9.85. The largest absolute Gasteiger partial charge is 0.496 e. The van der Waals surface area contributed by atoms with E-state index >= 15 is 0 Å². The maximum absolute atomic E-state index is 13.8. The molecular formula is C30H21NO6. The van der Waals surface area contributed by atoms with Crippen molar-refractivity contribution in [3.05, 3.63) is 104 Å². The number of benzene rings is 3. The standard InChI is InChI=1S/C30H21NO6/c1-35-23-15-24-26(29-27(23)21(32)14-22(37-29)16-6-3-2-4-7-16)19(13-25(33)36-24)20-12-18-9-5-8-17-10-11-31(28(17)18)30(20)34/h2-9,12,14-15,19H,10-11,13H2,1H3/t19-/m1/s1. The molecule has 7 nitrogen and oxygen atoms in total. The fourth-order valence-electron chi connectivity index (χ4n) is 5.76. The van der Waals surface area contributed by atoms with E-state index in [-0.39, 0.29) is 39.9 Å². The SMILES string of the molecule is COc1cc2c(c3oc(-c4ccccc4)cc(=O)c13)[C@@H](c1cc3cccc4c3n(c1=O)CC4)CC(=O)O2.